The van der Waals surface area contributed by atoms with Gasteiger partial charge in [0.05, 0.1) is 13.7 Å². The van der Waals surface area contributed by atoms with Crippen LogP contribution >= 0.6 is 11.6 Å². The molecule has 0 unspecified atom stereocenters. The summed E-state index contributed by atoms with van der Waals surface area (Å²) >= 11 is 6.16. The molecular weight excluding hydrogens is 374 g/mol. The van der Waals surface area contributed by atoms with Crippen molar-refractivity contribution >= 4 is 34.0 Å². The van der Waals surface area contributed by atoms with Crippen molar-refractivity contribution in [2.75, 3.05) is 44.7 Å². The number of ether oxygens (including phenoxy) is 1. The highest BCUT2D eigenvalue weighted by Gasteiger charge is 2.22. The number of methoxy groups -OCH3 is 1. The molecule has 28 heavy (non-hydrogen) atoms. The zero-order valence-electron chi connectivity index (χ0n) is 16.2. The predicted molar refractivity (Wildman–Crippen MR) is 114 cm³/mol. The molecule has 0 amide bonds. The second-order valence-electron chi connectivity index (χ2n) is 7.23. The van der Waals surface area contributed by atoms with Gasteiger partial charge in [0.1, 0.15) is 5.75 Å². The number of aromatic nitrogens is 1. The number of rotatable bonds is 5. The molecule has 3 aromatic rings. The molecule has 1 saturated heterocycles. The van der Waals surface area contributed by atoms with Crippen molar-refractivity contribution in [1.82, 2.24) is 9.88 Å². The lowest BCUT2D eigenvalue weighted by Crippen LogP contribution is -2.48. The molecule has 2 aromatic carbocycles. The van der Waals surface area contributed by atoms with Gasteiger partial charge >= 0.3 is 0 Å². The molecule has 0 aliphatic carbocycles. The minimum Gasteiger partial charge on any atom is -0.497 e. The van der Waals surface area contributed by atoms with E-state index in [9.17, 15) is 4.79 Å². The number of nitrogens with one attached hydrogen (secondary N) is 1. The average molecular weight is 398 g/mol. The van der Waals surface area contributed by atoms with Crippen LogP contribution in [0.3, 0.4) is 0 Å². The number of halogens is 1. The summed E-state index contributed by atoms with van der Waals surface area (Å²) in [6.45, 7) is 6.02. The van der Waals surface area contributed by atoms with E-state index in [1.165, 1.54) is 11.3 Å². The van der Waals surface area contributed by atoms with Gasteiger partial charge in [0, 0.05) is 65.6 Å². The maximum Gasteiger partial charge on any atom is 0.178 e. The van der Waals surface area contributed by atoms with Crippen LogP contribution in [-0.4, -0.2) is 55.5 Å². The van der Waals surface area contributed by atoms with Gasteiger partial charge in [0.15, 0.2) is 5.78 Å². The highest BCUT2D eigenvalue weighted by atomic mass is 35.5. The highest BCUT2D eigenvalue weighted by Crippen LogP contribution is 2.26. The van der Waals surface area contributed by atoms with Crippen molar-refractivity contribution in [3.05, 3.63) is 58.7 Å². The molecule has 1 fully saturated rings. The van der Waals surface area contributed by atoms with Crippen LogP contribution in [0.2, 0.25) is 5.02 Å². The van der Waals surface area contributed by atoms with Crippen molar-refractivity contribution in [3.8, 4) is 5.75 Å². The minimum absolute atomic E-state index is 0.142. The fourth-order valence-electron chi connectivity index (χ4n) is 3.82. The number of carbonyl (C=O) groups excluding carboxylic acids is 1. The maximum absolute atomic E-state index is 12.9. The quantitative estimate of drug-likeness (QED) is 0.657. The normalized spacial score (nSPS) is 15.2. The van der Waals surface area contributed by atoms with Gasteiger partial charge in [-0.05, 0) is 36.8 Å². The minimum atomic E-state index is 0.142. The highest BCUT2D eigenvalue weighted by molar-refractivity contribution is 6.30. The van der Waals surface area contributed by atoms with Crippen LogP contribution < -0.4 is 9.64 Å². The molecule has 2 heterocycles. The van der Waals surface area contributed by atoms with Crippen LogP contribution in [0.25, 0.3) is 10.9 Å². The first kappa shape index (κ1) is 18.8. The summed E-state index contributed by atoms with van der Waals surface area (Å²) in [5.41, 5.74) is 4.07. The molecule has 5 nitrogen and oxygen atoms in total. The SMILES string of the molecule is COc1ccc2c(C(=O)CN3CCN(c4cc(Cl)ccc4C)CC3)c[nH]c2c1. The summed E-state index contributed by atoms with van der Waals surface area (Å²) in [5.74, 6) is 0.921. The second kappa shape index (κ2) is 7.86. The number of piperazine rings is 1. The predicted octanol–water partition coefficient (Wildman–Crippen LogP) is 4.14. The molecule has 146 valence electrons. The summed E-state index contributed by atoms with van der Waals surface area (Å²) in [7, 11) is 1.64. The number of hydrogen-bond acceptors (Lipinski definition) is 4. The molecule has 1 aliphatic heterocycles. The van der Waals surface area contributed by atoms with E-state index in [1.807, 2.05) is 30.3 Å². The van der Waals surface area contributed by atoms with Gasteiger partial charge < -0.3 is 14.6 Å². The third-order valence-electron chi connectivity index (χ3n) is 5.44. The molecule has 6 heteroatoms. The lowest BCUT2D eigenvalue weighted by atomic mass is 10.1. The molecular formula is C22H24ClN3O2. The molecule has 0 spiro atoms. The van der Waals surface area contributed by atoms with Crippen LogP contribution in [0, 0.1) is 6.92 Å². The fourth-order valence-corrected chi connectivity index (χ4v) is 3.99. The van der Waals surface area contributed by atoms with Gasteiger partial charge in [0.25, 0.3) is 0 Å². The number of Topliss-reactive ketones (excluding diaryl/α,β-unsaturated/α-hetero) is 1. The lowest BCUT2D eigenvalue weighted by molar-refractivity contribution is 0.0928. The number of benzene rings is 2. The first-order valence-corrected chi connectivity index (χ1v) is 9.85. The van der Waals surface area contributed by atoms with Crippen molar-refractivity contribution in [2.24, 2.45) is 0 Å². The Labute approximate surface area is 169 Å². The van der Waals surface area contributed by atoms with Crippen LogP contribution in [0.15, 0.2) is 42.6 Å². The number of aryl methyl sites for hydroxylation is 1. The first-order chi connectivity index (χ1) is 13.5. The Bertz CT molecular complexity index is 1010. The van der Waals surface area contributed by atoms with E-state index in [1.54, 1.807) is 13.3 Å². The third-order valence-corrected chi connectivity index (χ3v) is 5.68. The maximum atomic E-state index is 12.9. The van der Waals surface area contributed by atoms with Gasteiger partial charge in [0.2, 0.25) is 0 Å². The van der Waals surface area contributed by atoms with Gasteiger partial charge in [-0.2, -0.15) is 0 Å². The van der Waals surface area contributed by atoms with Gasteiger partial charge in [-0.1, -0.05) is 17.7 Å². The number of ketones is 1. The van der Waals surface area contributed by atoms with Gasteiger partial charge in [-0.15, -0.1) is 0 Å². The van der Waals surface area contributed by atoms with Gasteiger partial charge in [-0.3, -0.25) is 9.69 Å². The van der Waals surface area contributed by atoms with Crippen LogP contribution in [0.4, 0.5) is 5.69 Å². The average Bonchev–Trinajstić information content (AvgIpc) is 3.13. The zero-order valence-corrected chi connectivity index (χ0v) is 16.9. The molecule has 0 radical (unpaired) electrons. The molecule has 0 saturated carbocycles. The topological polar surface area (TPSA) is 48.6 Å². The van der Waals surface area contributed by atoms with Gasteiger partial charge in [-0.25, -0.2) is 0 Å². The van der Waals surface area contributed by atoms with Crippen molar-refractivity contribution < 1.29 is 9.53 Å². The zero-order chi connectivity index (χ0) is 19.7. The fraction of sp³-hybridized carbons (Fsp3) is 0.318. The molecule has 1 aliphatic rings. The van der Waals surface area contributed by atoms with E-state index in [4.69, 9.17) is 16.3 Å². The van der Waals surface area contributed by atoms with E-state index in [-0.39, 0.29) is 5.78 Å². The summed E-state index contributed by atoms with van der Waals surface area (Å²) in [5, 5.41) is 1.70. The number of aromatic amines is 1. The molecule has 0 bridgehead atoms. The Morgan fingerprint density at radius 1 is 1.14 bits per heavy atom. The van der Waals surface area contributed by atoms with Crippen molar-refractivity contribution in [3.63, 3.8) is 0 Å². The molecule has 0 atom stereocenters. The second-order valence-corrected chi connectivity index (χ2v) is 7.67. The number of hydrogen-bond donors (Lipinski definition) is 1. The van der Waals surface area contributed by atoms with Crippen molar-refractivity contribution in [2.45, 2.75) is 6.92 Å². The van der Waals surface area contributed by atoms with Crippen molar-refractivity contribution in [1.29, 1.82) is 0 Å². The molecule has 1 aromatic heterocycles. The Morgan fingerprint density at radius 2 is 1.93 bits per heavy atom. The third kappa shape index (κ3) is 3.73. The molecule has 1 N–H and O–H groups in total. The lowest BCUT2D eigenvalue weighted by Gasteiger charge is -2.36. The summed E-state index contributed by atoms with van der Waals surface area (Å²) in [4.78, 5) is 20.6. The standard InChI is InChI=1S/C22H24ClN3O2/c1-15-3-4-16(23)11-21(15)26-9-7-25(8-10-26)14-22(27)19-13-24-20-12-17(28-2)5-6-18(19)20/h3-6,11-13,24H,7-10,14H2,1-2H3. The largest absolute Gasteiger partial charge is 0.497 e. The Morgan fingerprint density at radius 3 is 2.68 bits per heavy atom. The van der Waals surface area contributed by atoms with E-state index in [0.29, 0.717) is 6.54 Å². The Balaban J connectivity index is 1.41. The molecule has 4 rings (SSSR count). The van der Waals surface area contributed by atoms with E-state index in [0.717, 1.165) is 53.4 Å². The van der Waals surface area contributed by atoms with E-state index in [2.05, 4.69) is 27.8 Å². The smallest absolute Gasteiger partial charge is 0.178 e. The first-order valence-electron chi connectivity index (χ1n) is 9.47. The van der Waals surface area contributed by atoms with Crippen LogP contribution in [0.1, 0.15) is 15.9 Å². The summed E-state index contributed by atoms with van der Waals surface area (Å²) < 4.78 is 5.25. The van der Waals surface area contributed by atoms with E-state index < -0.39 is 0 Å². The summed E-state index contributed by atoms with van der Waals surface area (Å²) in [6, 6.07) is 11.7. The monoisotopic (exact) mass is 397 g/mol. The van der Waals surface area contributed by atoms with Crippen LogP contribution in [-0.2, 0) is 0 Å². The summed E-state index contributed by atoms with van der Waals surface area (Å²) in [6.07, 6.45) is 1.80. The number of H-pyrrole nitrogens is 1. The number of carbonyl (C=O) groups is 1. The number of anilines is 1. The number of nitrogens with zero attached hydrogens (tertiary/aromatic N) is 2. The Kier molecular flexibility index (Phi) is 5.29. The van der Waals surface area contributed by atoms with E-state index >= 15 is 0 Å². The van der Waals surface area contributed by atoms with Crippen LogP contribution in [0.5, 0.6) is 5.75 Å². The number of fused-ring (bicyclic) bond motifs is 1. The Hall–Kier alpha value is -2.50.